The highest BCUT2D eigenvalue weighted by atomic mass is 19.1. The number of hydrogen-bond donors (Lipinski definition) is 0. The van der Waals surface area contributed by atoms with Crippen molar-refractivity contribution in [1.29, 1.82) is 0 Å². The van der Waals surface area contributed by atoms with Gasteiger partial charge in [-0.2, -0.15) is 0 Å². The molecule has 25 heavy (non-hydrogen) atoms. The summed E-state index contributed by atoms with van der Waals surface area (Å²) in [5.74, 6) is 0.596. The van der Waals surface area contributed by atoms with Crippen molar-refractivity contribution in [3.8, 4) is 17.2 Å². The fourth-order valence-electron chi connectivity index (χ4n) is 2.15. The van der Waals surface area contributed by atoms with Crippen LogP contribution in [0.1, 0.15) is 11.1 Å². The Labute approximate surface area is 145 Å². The van der Waals surface area contributed by atoms with Crippen LogP contribution in [0.3, 0.4) is 0 Å². The summed E-state index contributed by atoms with van der Waals surface area (Å²) in [4.78, 5) is 11.8. The van der Waals surface area contributed by atoms with Gasteiger partial charge >= 0.3 is 5.97 Å². The van der Waals surface area contributed by atoms with Gasteiger partial charge in [-0.25, -0.2) is 9.18 Å². The average Bonchev–Trinajstić information content (AvgIpc) is 2.64. The molecular formula is C19H19FO5. The molecule has 0 bridgehead atoms. The van der Waals surface area contributed by atoms with Gasteiger partial charge in [0.2, 0.25) is 5.75 Å². The third-order valence-corrected chi connectivity index (χ3v) is 3.39. The molecule has 5 nitrogen and oxygen atoms in total. The average molecular weight is 346 g/mol. The lowest BCUT2D eigenvalue weighted by atomic mass is 10.1. The highest BCUT2D eigenvalue weighted by Crippen LogP contribution is 2.38. The summed E-state index contributed by atoms with van der Waals surface area (Å²) < 4.78 is 33.7. The Bertz CT molecular complexity index is 728. The van der Waals surface area contributed by atoms with E-state index >= 15 is 0 Å². The van der Waals surface area contributed by atoms with E-state index in [9.17, 15) is 9.18 Å². The van der Waals surface area contributed by atoms with Crippen LogP contribution >= 0.6 is 0 Å². The fourth-order valence-corrected chi connectivity index (χ4v) is 2.15. The summed E-state index contributed by atoms with van der Waals surface area (Å²) in [6.45, 7) is 0.0682. The quantitative estimate of drug-likeness (QED) is 0.566. The first-order valence-electron chi connectivity index (χ1n) is 7.46. The van der Waals surface area contributed by atoms with Gasteiger partial charge in [-0.3, -0.25) is 0 Å². The summed E-state index contributed by atoms with van der Waals surface area (Å²) in [7, 11) is 4.55. The second kappa shape index (κ2) is 8.73. The molecule has 2 aromatic rings. The molecule has 6 heteroatoms. The molecule has 0 N–H and O–H groups in total. The number of carbonyl (C=O) groups is 1. The van der Waals surface area contributed by atoms with Crippen molar-refractivity contribution in [1.82, 2.24) is 0 Å². The monoisotopic (exact) mass is 346 g/mol. The van der Waals surface area contributed by atoms with Gasteiger partial charge in [0.1, 0.15) is 12.4 Å². The topological polar surface area (TPSA) is 54.0 Å². The molecule has 2 aromatic carbocycles. The maximum Gasteiger partial charge on any atom is 0.331 e. The number of methoxy groups -OCH3 is 3. The van der Waals surface area contributed by atoms with E-state index in [-0.39, 0.29) is 12.4 Å². The van der Waals surface area contributed by atoms with Crippen molar-refractivity contribution in [3.63, 3.8) is 0 Å². The molecule has 0 aliphatic heterocycles. The Morgan fingerprint density at radius 1 is 1.00 bits per heavy atom. The summed E-state index contributed by atoms with van der Waals surface area (Å²) >= 11 is 0. The number of halogens is 1. The molecule has 0 saturated heterocycles. The van der Waals surface area contributed by atoms with E-state index in [0.717, 1.165) is 0 Å². The molecule has 0 saturated carbocycles. The molecule has 0 aromatic heterocycles. The van der Waals surface area contributed by atoms with Crippen LogP contribution in [0.25, 0.3) is 6.08 Å². The van der Waals surface area contributed by atoms with Crippen molar-refractivity contribution in [2.24, 2.45) is 0 Å². The molecule has 0 radical (unpaired) electrons. The van der Waals surface area contributed by atoms with Crippen LogP contribution in [0.2, 0.25) is 0 Å². The van der Waals surface area contributed by atoms with Crippen LogP contribution in [0.5, 0.6) is 17.2 Å². The normalized spacial score (nSPS) is 10.6. The van der Waals surface area contributed by atoms with Crippen molar-refractivity contribution in [2.75, 3.05) is 21.3 Å². The molecule has 0 spiro atoms. The Balaban J connectivity index is 2.05. The third-order valence-electron chi connectivity index (χ3n) is 3.39. The minimum Gasteiger partial charge on any atom is -0.493 e. The lowest BCUT2D eigenvalue weighted by Crippen LogP contribution is -2.01. The molecule has 0 aliphatic rings. The molecule has 132 valence electrons. The van der Waals surface area contributed by atoms with Gasteiger partial charge in [0, 0.05) is 6.08 Å². The first-order chi connectivity index (χ1) is 12.1. The predicted molar refractivity (Wildman–Crippen MR) is 91.3 cm³/mol. The molecular weight excluding hydrogens is 327 g/mol. The van der Waals surface area contributed by atoms with Crippen molar-refractivity contribution < 1.29 is 28.1 Å². The molecule has 0 heterocycles. The smallest absolute Gasteiger partial charge is 0.331 e. The van der Waals surface area contributed by atoms with E-state index in [0.29, 0.717) is 28.4 Å². The second-order valence-corrected chi connectivity index (χ2v) is 5.03. The van der Waals surface area contributed by atoms with Gasteiger partial charge < -0.3 is 18.9 Å². The number of ether oxygens (including phenoxy) is 4. The van der Waals surface area contributed by atoms with Crippen LogP contribution in [0.15, 0.2) is 42.5 Å². The zero-order valence-electron chi connectivity index (χ0n) is 14.2. The lowest BCUT2D eigenvalue weighted by Gasteiger charge is -2.12. The number of rotatable bonds is 7. The number of carbonyl (C=O) groups excluding carboxylic acids is 1. The number of benzene rings is 2. The van der Waals surface area contributed by atoms with E-state index in [1.54, 1.807) is 30.3 Å². The Morgan fingerprint density at radius 3 is 2.12 bits per heavy atom. The van der Waals surface area contributed by atoms with Gasteiger partial charge in [-0.05, 0) is 41.5 Å². The molecule has 0 amide bonds. The maximum atomic E-state index is 12.8. The highest BCUT2D eigenvalue weighted by molar-refractivity contribution is 5.87. The number of hydrogen-bond acceptors (Lipinski definition) is 5. The first kappa shape index (κ1) is 18.3. The third kappa shape index (κ3) is 4.97. The van der Waals surface area contributed by atoms with Crippen LogP contribution in [0, 0.1) is 5.82 Å². The SMILES string of the molecule is COc1cc(/C=C/C(=O)OCc2ccc(F)cc2)cc(OC)c1OC. The van der Waals surface area contributed by atoms with Crippen molar-refractivity contribution in [2.45, 2.75) is 6.61 Å². The maximum absolute atomic E-state index is 12.8. The van der Waals surface area contributed by atoms with Crippen LogP contribution < -0.4 is 14.2 Å². The highest BCUT2D eigenvalue weighted by Gasteiger charge is 2.12. The summed E-state index contributed by atoms with van der Waals surface area (Å²) in [6, 6.07) is 9.18. The fraction of sp³-hybridized carbons (Fsp3) is 0.211. The first-order valence-corrected chi connectivity index (χ1v) is 7.46. The molecule has 0 atom stereocenters. The molecule has 0 aliphatic carbocycles. The van der Waals surface area contributed by atoms with Gasteiger partial charge in [-0.15, -0.1) is 0 Å². The number of esters is 1. The molecule has 2 rings (SSSR count). The Morgan fingerprint density at radius 2 is 1.60 bits per heavy atom. The van der Waals surface area contributed by atoms with Gasteiger partial charge in [0.05, 0.1) is 21.3 Å². The van der Waals surface area contributed by atoms with Gasteiger partial charge in [0.25, 0.3) is 0 Å². The largest absolute Gasteiger partial charge is 0.493 e. The Kier molecular flexibility index (Phi) is 6.39. The van der Waals surface area contributed by atoms with E-state index in [1.165, 1.54) is 39.5 Å². The van der Waals surface area contributed by atoms with Crippen LogP contribution in [-0.4, -0.2) is 27.3 Å². The summed E-state index contributed by atoms with van der Waals surface area (Å²) in [5.41, 5.74) is 1.39. The summed E-state index contributed by atoms with van der Waals surface area (Å²) in [6.07, 6.45) is 2.88. The zero-order chi connectivity index (χ0) is 18.2. The standard InChI is InChI=1S/C19H19FO5/c1-22-16-10-14(11-17(23-2)19(16)24-3)6-9-18(21)25-12-13-4-7-15(20)8-5-13/h4-11H,12H2,1-3H3/b9-6+. The Hall–Kier alpha value is -3.02. The molecule has 0 unspecified atom stereocenters. The van der Waals surface area contributed by atoms with E-state index in [1.807, 2.05) is 0 Å². The van der Waals surface area contributed by atoms with Crippen LogP contribution in [-0.2, 0) is 16.1 Å². The van der Waals surface area contributed by atoms with E-state index in [2.05, 4.69) is 0 Å². The van der Waals surface area contributed by atoms with E-state index < -0.39 is 5.97 Å². The minimum atomic E-state index is -0.516. The van der Waals surface area contributed by atoms with E-state index in [4.69, 9.17) is 18.9 Å². The van der Waals surface area contributed by atoms with Gasteiger partial charge in [0.15, 0.2) is 11.5 Å². The van der Waals surface area contributed by atoms with Gasteiger partial charge in [-0.1, -0.05) is 12.1 Å². The zero-order valence-corrected chi connectivity index (χ0v) is 14.2. The summed E-state index contributed by atoms with van der Waals surface area (Å²) in [5, 5.41) is 0. The second-order valence-electron chi connectivity index (χ2n) is 5.03. The van der Waals surface area contributed by atoms with Crippen LogP contribution in [0.4, 0.5) is 4.39 Å². The minimum absolute atomic E-state index is 0.0682. The van der Waals surface area contributed by atoms with Crippen molar-refractivity contribution in [3.05, 3.63) is 59.4 Å². The lowest BCUT2D eigenvalue weighted by molar-refractivity contribution is -0.138. The predicted octanol–water partition coefficient (Wildman–Crippen LogP) is 3.61. The molecule has 0 fully saturated rings. The van der Waals surface area contributed by atoms with Crippen molar-refractivity contribution >= 4 is 12.0 Å².